The molecule has 2 aromatic carbocycles. The van der Waals surface area contributed by atoms with Crippen molar-refractivity contribution < 1.29 is 13.9 Å². The molecule has 0 fully saturated rings. The molecule has 0 heterocycles. The molecule has 0 aliphatic carbocycles. The van der Waals surface area contributed by atoms with Crippen molar-refractivity contribution in [3.05, 3.63) is 58.9 Å². The summed E-state index contributed by atoms with van der Waals surface area (Å²) in [5.74, 6) is 1.09. The Morgan fingerprint density at radius 2 is 1.75 bits per heavy atom. The second-order valence-electron chi connectivity index (χ2n) is 4.46. The lowest BCUT2D eigenvalue weighted by Crippen LogP contribution is -1.99. The van der Waals surface area contributed by atoms with Crippen LogP contribution in [-0.4, -0.2) is 14.2 Å². The smallest absolute Gasteiger partial charge is 0.161 e. The van der Waals surface area contributed by atoms with Gasteiger partial charge in [-0.1, -0.05) is 40.2 Å². The Balaban J connectivity index is 2.43. The highest BCUT2D eigenvalue weighted by atomic mass is 79.9. The van der Waals surface area contributed by atoms with Crippen LogP contribution in [0.4, 0.5) is 4.39 Å². The van der Waals surface area contributed by atoms with Crippen molar-refractivity contribution in [2.45, 2.75) is 11.8 Å². The van der Waals surface area contributed by atoms with E-state index in [1.165, 1.54) is 0 Å². The molecule has 0 saturated heterocycles. The van der Waals surface area contributed by atoms with E-state index in [1.54, 1.807) is 33.3 Å². The second kappa shape index (κ2) is 6.27. The predicted octanol–water partition coefficient (Wildman–Crippen LogP) is 4.64. The lowest BCUT2D eigenvalue weighted by Gasteiger charge is -2.15. The van der Waals surface area contributed by atoms with Gasteiger partial charge in [-0.05, 0) is 30.2 Å². The number of alkyl halides is 1. The first-order valence-corrected chi connectivity index (χ1v) is 7.11. The fourth-order valence-corrected chi connectivity index (χ4v) is 2.69. The molecule has 2 rings (SSSR count). The van der Waals surface area contributed by atoms with Crippen LogP contribution in [0.1, 0.15) is 21.5 Å². The van der Waals surface area contributed by atoms with Gasteiger partial charge in [0, 0.05) is 5.56 Å². The van der Waals surface area contributed by atoms with E-state index in [-0.39, 0.29) is 10.6 Å². The van der Waals surface area contributed by atoms with Crippen molar-refractivity contribution in [3.8, 4) is 11.5 Å². The van der Waals surface area contributed by atoms with Crippen molar-refractivity contribution >= 4 is 15.9 Å². The van der Waals surface area contributed by atoms with E-state index in [0.29, 0.717) is 22.6 Å². The van der Waals surface area contributed by atoms with E-state index in [1.807, 2.05) is 24.3 Å². The third kappa shape index (κ3) is 2.80. The minimum absolute atomic E-state index is 0.191. The van der Waals surface area contributed by atoms with Gasteiger partial charge in [0.05, 0.1) is 19.0 Å². The maximum Gasteiger partial charge on any atom is 0.161 e. The molecule has 1 unspecified atom stereocenters. The minimum Gasteiger partial charge on any atom is -0.493 e. The van der Waals surface area contributed by atoms with Gasteiger partial charge in [0.25, 0.3) is 0 Å². The molecule has 0 spiro atoms. The molecule has 0 aromatic heterocycles. The van der Waals surface area contributed by atoms with Gasteiger partial charge in [-0.25, -0.2) is 4.39 Å². The van der Waals surface area contributed by atoms with Crippen LogP contribution in [0.15, 0.2) is 36.4 Å². The van der Waals surface area contributed by atoms with Gasteiger partial charge in [-0.3, -0.25) is 0 Å². The van der Waals surface area contributed by atoms with Crippen LogP contribution in [0.3, 0.4) is 0 Å². The monoisotopic (exact) mass is 338 g/mol. The Kier molecular flexibility index (Phi) is 4.65. The SMILES string of the molecule is COc1ccc(C(Br)c2cccc(C)c2F)cc1OC. The van der Waals surface area contributed by atoms with Crippen molar-refractivity contribution in [2.24, 2.45) is 0 Å². The topological polar surface area (TPSA) is 18.5 Å². The zero-order valence-corrected chi connectivity index (χ0v) is 13.2. The Bertz CT molecular complexity index is 613. The molecule has 2 aromatic rings. The van der Waals surface area contributed by atoms with Crippen LogP contribution in [0.5, 0.6) is 11.5 Å². The van der Waals surface area contributed by atoms with Crippen LogP contribution in [0.25, 0.3) is 0 Å². The quantitative estimate of drug-likeness (QED) is 0.756. The standard InChI is InChI=1S/C16H16BrFO2/c1-10-5-4-6-12(16(10)18)15(17)11-7-8-13(19-2)14(9-11)20-3/h4-9,15H,1-3H3. The van der Waals surface area contributed by atoms with Crippen LogP contribution in [-0.2, 0) is 0 Å². The molecule has 106 valence electrons. The van der Waals surface area contributed by atoms with E-state index in [0.717, 1.165) is 5.56 Å². The predicted molar refractivity (Wildman–Crippen MR) is 81.5 cm³/mol. The number of hydrogen-bond donors (Lipinski definition) is 0. The first-order chi connectivity index (χ1) is 9.58. The summed E-state index contributed by atoms with van der Waals surface area (Å²) in [4.78, 5) is -0.234. The summed E-state index contributed by atoms with van der Waals surface area (Å²) in [5, 5.41) is 0. The minimum atomic E-state index is -0.234. The van der Waals surface area contributed by atoms with Crippen LogP contribution in [0.2, 0.25) is 0 Å². The number of methoxy groups -OCH3 is 2. The van der Waals surface area contributed by atoms with Crippen molar-refractivity contribution in [1.29, 1.82) is 0 Å². The van der Waals surface area contributed by atoms with Gasteiger partial charge in [-0.15, -0.1) is 0 Å². The Morgan fingerprint density at radius 1 is 1.05 bits per heavy atom. The summed E-state index contributed by atoms with van der Waals surface area (Å²) in [6.45, 7) is 1.76. The third-order valence-corrected chi connectivity index (χ3v) is 4.22. The third-order valence-electron chi connectivity index (χ3n) is 3.19. The number of hydrogen-bond acceptors (Lipinski definition) is 2. The van der Waals surface area contributed by atoms with Gasteiger partial charge in [0.1, 0.15) is 5.82 Å². The molecule has 2 nitrogen and oxygen atoms in total. The number of halogens is 2. The Morgan fingerprint density at radius 3 is 2.40 bits per heavy atom. The van der Waals surface area contributed by atoms with Crippen LogP contribution >= 0.6 is 15.9 Å². The average molecular weight is 339 g/mol. The van der Waals surface area contributed by atoms with Crippen molar-refractivity contribution in [2.75, 3.05) is 14.2 Å². The normalized spacial score (nSPS) is 12.1. The molecular weight excluding hydrogens is 323 g/mol. The van der Waals surface area contributed by atoms with E-state index in [4.69, 9.17) is 9.47 Å². The number of benzene rings is 2. The average Bonchev–Trinajstić information content (AvgIpc) is 2.48. The highest BCUT2D eigenvalue weighted by molar-refractivity contribution is 9.09. The highest BCUT2D eigenvalue weighted by Crippen LogP contribution is 2.37. The molecule has 0 bridgehead atoms. The summed E-state index contributed by atoms with van der Waals surface area (Å²) >= 11 is 3.55. The van der Waals surface area contributed by atoms with E-state index < -0.39 is 0 Å². The summed E-state index contributed by atoms with van der Waals surface area (Å²) in [7, 11) is 3.17. The van der Waals surface area contributed by atoms with E-state index in [2.05, 4.69) is 15.9 Å². The molecule has 4 heteroatoms. The zero-order chi connectivity index (χ0) is 14.7. The zero-order valence-electron chi connectivity index (χ0n) is 11.6. The summed E-state index contributed by atoms with van der Waals surface area (Å²) in [6, 6.07) is 10.9. The summed E-state index contributed by atoms with van der Waals surface area (Å²) in [6.07, 6.45) is 0. The number of ether oxygens (including phenoxy) is 2. The summed E-state index contributed by atoms with van der Waals surface area (Å²) in [5.41, 5.74) is 2.15. The number of rotatable bonds is 4. The molecule has 0 aliphatic rings. The van der Waals surface area contributed by atoms with Gasteiger partial charge >= 0.3 is 0 Å². The fourth-order valence-electron chi connectivity index (χ4n) is 2.06. The molecule has 0 N–H and O–H groups in total. The van der Waals surface area contributed by atoms with Gasteiger partial charge in [0.15, 0.2) is 11.5 Å². The fraction of sp³-hybridized carbons (Fsp3) is 0.250. The Hall–Kier alpha value is -1.55. The molecular formula is C16H16BrFO2. The molecule has 0 saturated carbocycles. The van der Waals surface area contributed by atoms with Gasteiger partial charge < -0.3 is 9.47 Å². The van der Waals surface area contributed by atoms with Gasteiger partial charge in [-0.2, -0.15) is 0 Å². The second-order valence-corrected chi connectivity index (χ2v) is 5.37. The molecule has 0 aliphatic heterocycles. The lowest BCUT2D eigenvalue weighted by molar-refractivity contribution is 0.354. The molecule has 1 atom stereocenters. The first kappa shape index (κ1) is 14.9. The highest BCUT2D eigenvalue weighted by Gasteiger charge is 2.17. The maximum atomic E-state index is 14.2. The lowest BCUT2D eigenvalue weighted by atomic mass is 10.0. The first-order valence-electron chi connectivity index (χ1n) is 6.19. The van der Waals surface area contributed by atoms with E-state index >= 15 is 0 Å². The van der Waals surface area contributed by atoms with Crippen molar-refractivity contribution in [3.63, 3.8) is 0 Å². The van der Waals surface area contributed by atoms with E-state index in [9.17, 15) is 4.39 Å². The largest absolute Gasteiger partial charge is 0.493 e. The van der Waals surface area contributed by atoms with Crippen LogP contribution in [0, 0.1) is 12.7 Å². The molecule has 0 radical (unpaired) electrons. The van der Waals surface area contributed by atoms with Crippen molar-refractivity contribution in [1.82, 2.24) is 0 Å². The molecule has 20 heavy (non-hydrogen) atoms. The molecule has 0 amide bonds. The van der Waals surface area contributed by atoms with Crippen LogP contribution < -0.4 is 9.47 Å². The Labute approximate surface area is 126 Å². The number of aryl methyl sites for hydroxylation is 1. The maximum absolute atomic E-state index is 14.2. The van der Waals surface area contributed by atoms with Gasteiger partial charge in [0.2, 0.25) is 0 Å². The summed E-state index contributed by atoms with van der Waals surface area (Å²) < 4.78 is 24.7.